The molecule has 0 radical (unpaired) electrons. The zero-order chi connectivity index (χ0) is 15.0. The molecule has 0 aliphatic heterocycles. The lowest BCUT2D eigenvalue weighted by molar-refractivity contribution is -0.141. The molecule has 0 bridgehead atoms. The summed E-state index contributed by atoms with van der Waals surface area (Å²) in [5, 5.41) is 4.79. The van der Waals surface area contributed by atoms with Crippen molar-refractivity contribution in [2.45, 2.75) is 12.8 Å². The average molecular weight is 284 g/mol. The van der Waals surface area contributed by atoms with Crippen molar-refractivity contribution in [1.82, 2.24) is 10.6 Å². The summed E-state index contributed by atoms with van der Waals surface area (Å²) in [4.78, 5) is 23.0. The maximum absolute atomic E-state index is 12.7. The molecule has 7 heteroatoms. The highest BCUT2D eigenvalue weighted by atomic mass is 19.1. The molecule has 1 aromatic carbocycles. The van der Waals surface area contributed by atoms with Crippen LogP contribution in [0.25, 0.3) is 0 Å². The molecule has 1 rings (SSSR count). The van der Waals surface area contributed by atoms with Gasteiger partial charge in [0.1, 0.15) is 5.82 Å². The number of nitrogens with one attached hydrogen (secondary N) is 2. The summed E-state index contributed by atoms with van der Waals surface area (Å²) in [5.41, 5.74) is 0.694. The van der Waals surface area contributed by atoms with Gasteiger partial charge in [0.15, 0.2) is 6.29 Å². The van der Waals surface area contributed by atoms with Gasteiger partial charge in [-0.2, -0.15) is 0 Å². The van der Waals surface area contributed by atoms with Crippen molar-refractivity contribution in [3.05, 3.63) is 35.6 Å². The van der Waals surface area contributed by atoms with Crippen molar-refractivity contribution in [3.63, 3.8) is 0 Å². The van der Waals surface area contributed by atoms with Gasteiger partial charge in [-0.25, -0.2) is 4.39 Å². The Bertz CT molecular complexity index is 446. The van der Waals surface area contributed by atoms with Gasteiger partial charge in [-0.3, -0.25) is 9.59 Å². The molecular formula is C13H17FN2O4. The Balaban J connectivity index is 2.34. The summed E-state index contributed by atoms with van der Waals surface area (Å²) in [6.45, 7) is 0.209. The fourth-order valence-corrected chi connectivity index (χ4v) is 1.38. The zero-order valence-corrected chi connectivity index (χ0v) is 11.3. The van der Waals surface area contributed by atoms with E-state index in [1.54, 1.807) is 0 Å². The van der Waals surface area contributed by atoms with Crippen LogP contribution in [0.2, 0.25) is 0 Å². The number of carbonyl (C=O) groups is 2. The second-order valence-corrected chi connectivity index (χ2v) is 3.92. The molecule has 0 heterocycles. The Morgan fingerprint density at radius 1 is 1.10 bits per heavy atom. The van der Waals surface area contributed by atoms with Gasteiger partial charge in [-0.15, -0.1) is 0 Å². The van der Waals surface area contributed by atoms with Gasteiger partial charge in [0.25, 0.3) is 0 Å². The largest absolute Gasteiger partial charge is 0.354 e. The van der Waals surface area contributed by atoms with Crippen LogP contribution >= 0.6 is 0 Å². The normalized spacial score (nSPS) is 10.4. The minimum Gasteiger partial charge on any atom is -0.354 e. The molecule has 2 N–H and O–H groups in total. The van der Waals surface area contributed by atoms with Gasteiger partial charge in [0.2, 0.25) is 0 Å². The average Bonchev–Trinajstić information content (AvgIpc) is 2.47. The van der Waals surface area contributed by atoms with Crippen LogP contribution < -0.4 is 10.6 Å². The number of rotatable bonds is 6. The summed E-state index contributed by atoms with van der Waals surface area (Å²) in [6.07, 6.45) is -0.608. The SMILES string of the molecule is COC(CNC(=O)C(=O)NCc1ccc(F)cc1)OC. The molecule has 0 fully saturated rings. The van der Waals surface area contributed by atoms with Gasteiger partial charge in [0, 0.05) is 20.8 Å². The van der Waals surface area contributed by atoms with Gasteiger partial charge < -0.3 is 20.1 Å². The third-order valence-corrected chi connectivity index (χ3v) is 2.53. The second kappa shape index (κ2) is 8.23. The van der Waals surface area contributed by atoms with Gasteiger partial charge in [0.05, 0.1) is 6.54 Å². The molecular weight excluding hydrogens is 267 g/mol. The Hall–Kier alpha value is -1.99. The minimum absolute atomic E-state index is 0.0653. The number of ether oxygens (including phenoxy) is 2. The fourth-order valence-electron chi connectivity index (χ4n) is 1.38. The van der Waals surface area contributed by atoms with E-state index in [2.05, 4.69) is 10.6 Å². The lowest BCUT2D eigenvalue weighted by atomic mass is 10.2. The van der Waals surface area contributed by atoms with E-state index in [0.29, 0.717) is 5.56 Å². The van der Waals surface area contributed by atoms with E-state index in [0.717, 1.165) is 0 Å². The molecule has 0 spiro atoms. The fraction of sp³-hybridized carbons (Fsp3) is 0.385. The molecule has 0 aromatic heterocycles. The summed E-state index contributed by atoms with van der Waals surface area (Å²) in [6, 6.07) is 5.62. The van der Waals surface area contributed by atoms with E-state index in [-0.39, 0.29) is 18.9 Å². The van der Waals surface area contributed by atoms with E-state index in [1.165, 1.54) is 38.5 Å². The van der Waals surface area contributed by atoms with Crippen molar-refractivity contribution < 1.29 is 23.5 Å². The second-order valence-electron chi connectivity index (χ2n) is 3.92. The van der Waals surface area contributed by atoms with E-state index >= 15 is 0 Å². The van der Waals surface area contributed by atoms with E-state index in [1.807, 2.05) is 0 Å². The van der Waals surface area contributed by atoms with Gasteiger partial charge in [-0.1, -0.05) is 12.1 Å². The number of hydrogen-bond acceptors (Lipinski definition) is 4. The summed E-state index contributed by atoms with van der Waals surface area (Å²) < 4.78 is 22.4. The van der Waals surface area contributed by atoms with Crippen molar-refractivity contribution in [1.29, 1.82) is 0 Å². The highest BCUT2D eigenvalue weighted by Crippen LogP contribution is 2.01. The molecule has 0 aliphatic carbocycles. The lowest BCUT2D eigenvalue weighted by Gasteiger charge is -2.13. The number of carbonyl (C=O) groups excluding carboxylic acids is 2. The molecule has 6 nitrogen and oxygen atoms in total. The predicted octanol–water partition coefficient (Wildman–Crippen LogP) is 0.177. The number of methoxy groups -OCH3 is 2. The van der Waals surface area contributed by atoms with Gasteiger partial charge >= 0.3 is 11.8 Å². The van der Waals surface area contributed by atoms with Crippen LogP contribution in [-0.4, -0.2) is 38.9 Å². The first kappa shape index (κ1) is 16.1. The first-order valence-electron chi connectivity index (χ1n) is 5.93. The number of halogens is 1. The minimum atomic E-state index is -0.786. The smallest absolute Gasteiger partial charge is 0.309 e. The molecule has 1 aromatic rings. The molecule has 110 valence electrons. The van der Waals surface area contributed by atoms with Crippen LogP contribution in [-0.2, 0) is 25.6 Å². The molecule has 2 amide bonds. The Labute approximate surface area is 116 Å². The van der Waals surface area contributed by atoms with Crippen LogP contribution in [0.1, 0.15) is 5.56 Å². The first-order valence-corrected chi connectivity index (χ1v) is 5.93. The lowest BCUT2D eigenvalue weighted by Crippen LogP contribution is -2.43. The Morgan fingerprint density at radius 2 is 1.65 bits per heavy atom. The molecule has 0 saturated carbocycles. The third-order valence-electron chi connectivity index (χ3n) is 2.53. The Morgan fingerprint density at radius 3 is 2.20 bits per heavy atom. The van der Waals surface area contributed by atoms with Crippen molar-refractivity contribution >= 4 is 11.8 Å². The standard InChI is InChI=1S/C13H17FN2O4/c1-19-11(20-2)8-16-13(18)12(17)15-7-9-3-5-10(14)6-4-9/h3-6,11H,7-8H2,1-2H3,(H,15,17)(H,16,18). The highest BCUT2D eigenvalue weighted by Gasteiger charge is 2.15. The van der Waals surface area contributed by atoms with Crippen molar-refractivity contribution in [2.24, 2.45) is 0 Å². The van der Waals surface area contributed by atoms with Crippen LogP contribution in [0.4, 0.5) is 4.39 Å². The monoisotopic (exact) mass is 284 g/mol. The highest BCUT2D eigenvalue weighted by molar-refractivity contribution is 6.35. The zero-order valence-electron chi connectivity index (χ0n) is 11.3. The van der Waals surface area contributed by atoms with Crippen LogP contribution in [0.15, 0.2) is 24.3 Å². The maximum atomic E-state index is 12.7. The summed E-state index contributed by atoms with van der Waals surface area (Å²) in [5.74, 6) is -1.92. The first-order chi connectivity index (χ1) is 9.56. The quantitative estimate of drug-likeness (QED) is 0.577. The molecule has 0 unspecified atom stereocenters. The van der Waals surface area contributed by atoms with Crippen LogP contribution in [0.5, 0.6) is 0 Å². The molecule has 0 saturated heterocycles. The third kappa shape index (κ3) is 5.33. The van der Waals surface area contributed by atoms with Crippen molar-refractivity contribution in [3.8, 4) is 0 Å². The number of amides is 2. The predicted molar refractivity (Wildman–Crippen MR) is 69.1 cm³/mol. The Kier molecular flexibility index (Phi) is 6.61. The van der Waals surface area contributed by atoms with Crippen LogP contribution in [0.3, 0.4) is 0 Å². The van der Waals surface area contributed by atoms with E-state index in [4.69, 9.17) is 9.47 Å². The molecule has 20 heavy (non-hydrogen) atoms. The summed E-state index contributed by atoms with van der Waals surface area (Å²) in [7, 11) is 2.85. The number of hydrogen-bond donors (Lipinski definition) is 2. The topological polar surface area (TPSA) is 76.7 Å². The summed E-state index contributed by atoms with van der Waals surface area (Å²) >= 11 is 0. The van der Waals surface area contributed by atoms with Gasteiger partial charge in [-0.05, 0) is 17.7 Å². The maximum Gasteiger partial charge on any atom is 0.309 e. The molecule has 0 aliphatic rings. The van der Waals surface area contributed by atoms with E-state index in [9.17, 15) is 14.0 Å². The van der Waals surface area contributed by atoms with Crippen LogP contribution in [0, 0.1) is 5.82 Å². The number of benzene rings is 1. The van der Waals surface area contributed by atoms with E-state index < -0.39 is 18.1 Å². The van der Waals surface area contributed by atoms with Crippen molar-refractivity contribution in [2.75, 3.05) is 20.8 Å². The molecule has 0 atom stereocenters.